The third-order valence-corrected chi connectivity index (χ3v) is 3.98. The molecule has 1 atom stereocenters. The molecular weight excluding hydrogens is 236 g/mol. The van der Waals surface area contributed by atoms with Crippen LogP contribution in [0, 0.1) is 6.92 Å². The molecule has 1 aromatic carbocycles. The molecule has 0 heterocycles. The smallest absolute Gasteiger partial charge is 0.241 e. The van der Waals surface area contributed by atoms with Gasteiger partial charge in [0.25, 0.3) is 0 Å². The summed E-state index contributed by atoms with van der Waals surface area (Å²) in [7, 11) is 0. The van der Waals surface area contributed by atoms with Crippen molar-refractivity contribution in [2.75, 3.05) is 5.32 Å². The van der Waals surface area contributed by atoms with Crippen LogP contribution < -0.4 is 10.6 Å². The Labute approximate surface area is 115 Å². The Morgan fingerprint density at radius 1 is 1.21 bits per heavy atom. The zero-order chi connectivity index (χ0) is 13.9. The van der Waals surface area contributed by atoms with Crippen molar-refractivity contribution in [2.24, 2.45) is 0 Å². The van der Waals surface area contributed by atoms with Gasteiger partial charge in [0.05, 0.1) is 6.04 Å². The number of benzene rings is 1. The molecule has 2 rings (SSSR count). The molecule has 0 aliphatic heterocycles. The van der Waals surface area contributed by atoms with Crippen LogP contribution in [0.3, 0.4) is 0 Å². The first kappa shape index (κ1) is 14.1. The topological polar surface area (TPSA) is 41.1 Å². The second kappa shape index (κ2) is 5.74. The molecule has 0 spiro atoms. The molecule has 104 valence electrons. The molecule has 1 amide bonds. The van der Waals surface area contributed by atoms with Crippen molar-refractivity contribution in [3.8, 4) is 0 Å². The van der Waals surface area contributed by atoms with Crippen molar-refractivity contribution < 1.29 is 4.79 Å². The Kier molecular flexibility index (Phi) is 4.25. The molecule has 0 saturated heterocycles. The molecule has 0 radical (unpaired) electrons. The second-order valence-corrected chi connectivity index (χ2v) is 5.99. The van der Waals surface area contributed by atoms with E-state index in [0.717, 1.165) is 18.5 Å². The fraction of sp³-hybridized carbons (Fsp3) is 0.562. The van der Waals surface area contributed by atoms with Gasteiger partial charge in [-0.2, -0.15) is 0 Å². The van der Waals surface area contributed by atoms with E-state index >= 15 is 0 Å². The third-order valence-electron chi connectivity index (χ3n) is 3.98. The summed E-state index contributed by atoms with van der Waals surface area (Å²) in [6, 6.07) is 7.73. The summed E-state index contributed by atoms with van der Waals surface area (Å²) in [5.41, 5.74) is 2.19. The fourth-order valence-electron chi connectivity index (χ4n) is 2.78. The Balaban J connectivity index is 1.90. The van der Waals surface area contributed by atoms with Crippen molar-refractivity contribution in [3.05, 3.63) is 29.8 Å². The summed E-state index contributed by atoms with van der Waals surface area (Å²) in [5.74, 6) is 0.0389. The molecule has 1 aliphatic rings. The monoisotopic (exact) mass is 260 g/mol. The summed E-state index contributed by atoms with van der Waals surface area (Å²) in [6.07, 6.45) is 4.84. The van der Waals surface area contributed by atoms with Crippen LogP contribution in [-0.2, 0) is 4.79 Å². The minimum absolute atomic E-state index is 0.0389. The Morgan fingerprint density at radius 3 is 2.37 bits per heavy atom. The largest absolute Gasteiger partial charge is 0.325 e. The summed E-state index contributed by atoms with van der Waals surface area (Å²) < 4.78 is 0. The molecule has 19 heavy (non-hydrogen) atoms. The highest BCUT2D eigenvalue weighted by Crippen LogP contribution is 2.29. The first-order valence-corrected chi connectivity index (χ1v) is 7.14. The Hall–Kier alpha value is -1.35. The number of carbonyl (C=O) groups is 1. The van der Waals surface area contributed by atoms with Gasteiger partial charge in [0.2, 0.25) is 5.91 Å². The van der Waals surface area contributed by atoms with E-state index in [-0.39, 0.29) is 17.5 Å². The van der Waals surface area contributed by atoms with Crippen molar-refractivity contribution >= 4 is 11.6 Å². The Bertz CT molecular complexity index is 433. The van der Waals surface area contributed by atoms with Crippen LogP contribution in [0.25, 0.3) is 0 Å². The molecule has 2 N–H and O–H groups in total. The number of hydrogen-bond acceptors (Lipinski definition) is 2. The van der Waals surface area contributed by atoms with E-state index in [1.54, 1.807) is 0 Å². The van der Waals surface area contributed by atoms with Gasteiger partial charge in [0, 0.05) is 11.2 Å². The van der Waals surface area contributed by atoms with Crippen LogP contribution in [0.1, 0.15) is 45.1 Å². The van der Waals surface area contributed by atoms with E-state index in [1.807, 2.05) is 38.1 Å². The molecule has 1 aliphatic carbocycles. The van der Waals surface area contributed by atoms with E-state index in [0.29, 0.717) is 0 Å². The number of nitrogens with one attached hydrogen (secondary N) is 2. The van der Waals surface area contributed by atoms with Crippen LogP contribution in [0.2, 0.25) is 0 Å². The van der Waals surface area contributed by atoms with Gasteiger partial charge >= 0.3 is 0 Å². The summed E-state index contributed by atoms with van der Waals surface area (Å²) >= 11 is 0. The van der Waals surface area contributed by atoms with Gasteiger partial charge in [0.1, 0.15) is 0 Å². The van der Waals surface area contributed by atoms with Gasteiger partial charge in [0.15, 0.2) is 0 Å². The summed E-state index contributed by atoms with van der Waals surface area (Å²) in [5, 5.41) is 6.43. The van der Waals surface area contributed by atoms with E-state index in [1.165, 1.54) is 18.4 Å². The second-order valence-electron chi connectivity index (χ2n) is 5.99. The van der Waals surface area contributed by atoms with Gasteiger partial charge in [-0.25, -0.2) is 0 Å². The van der Waals surface area contributed by atoms with Crippen LogP contribution in [0.15, 0.2) is 24.3 Å². The molecule has 3 heteroatoms. The SMILES string of the molecule is Cc1ccc(NC(=O)C(C)NC2(C)CCCC2)cc1. The van der Waals surface area contributed by atoms with Crippen LogP contribution in [0.5, 0.6) is 0 Å². The van der Waals surface area contributed by atoms with E-state index in [4.69, 9.17) is 0 Å². The minimum atomic E-state index is -0.163. The quantitative estimate of drug-likeness (QED) is 0.872. The first-order valence-electron chi connectivity index (χ1n) is 7.14. The standard InChI is InChI=1S/C16H24N2O/c1-12-6-8-14(9-7-12)17-15(19)13(2)18-16(3)10-4-5-11-16/h6-9,13,18H,4-5,10-11H2,1-3H3,(H,17,19). The van der Waals surface area contributed by atoms with Crippen molar-refractivity contribution in [1.29, 1.82) is 0 Å². The van der Waals surface area contributed by atoms with Gasteiger partial charge in [-0.1, -0.05) is 30.5 Å². The maximum atomic E-state index is 12.2. The van der Waals surface area contributed by atoms with Gasteiger partial charge in [-0.3, -0.25) is 4.79 Å². The molecule has 1 fully saturated rings. The number of anilines is 1. The van der Waals surface area contributed by atoms with E-state index in [2.05, 4.69) is 17.6 Å². The molecule has 1 saturated carbocycles. The zero-order valence-corrected chi connectivity index (χ0v) is 12.1. The lowest BCUT2D eigenvalue weighted by Crippen LogP contribution is -2.49. The van der Waals surface area contributed by atoms with Crippen molar-refractivity contribution in [3.63, 3.8) is 0 Å². The minimum Gasteiger partial charge on any atom is -0.325 e. The molecule has 1 aromatic rings. The van der Waals surface area contributed by atoms with Crippen molar-refractivity contribution in [2.45, 2.75) is 58.0 Å². The highest BCUT2D eigenvalue weighted by Gasteiger charge is 2.31. The zero-order valence-electron chi connectivity index (χ0n) is 12.1. The number of carbonyl (C=O) groups excluding carboxylic acids is 1. The summed E-state index contributed by atoms with van der Waals surface area (Å²) in [4.78, 5) is 12.2. The molecular formula is C16H24N2O. The maximum Gasteiger partial charge on any atom is 0.241 e. The Morgan fingerprint density at radius 2 is 1.79 bits per heavy atom. The van der Waals surface area contributed by atoms with Gasteiger partial charge < -0.3 is 10.6 Å². The van der Waals surface area contributed by atoms with Gasteiger partial charge in [-0.15, -0.1) is 0 Å². The maximum absolute atomic E-state index is 12.2. The van der Waals surface area contributed by atoms with E-state index in [9.17, 15) is 4.79 Å². The lowest BCUT2D eigenvalue weighted by molar-refractivity contribution is -0.118. The van der Waals surface area contributed by atoms with Crippen LogP contribution >= 0.6 is 0 Å². The highest BCUT2D eigenvalue weighted by atomic mass is 16.2. The third kappa shape index (κ3) is 3.80. The van der Waals surface area contributed by atoms with Gasteiger partial charge in [-0.05, 0) is 45.7 Å². The predicted molar refractivity (Wildman–Crippen MR) is 79.3 cm³/mol. The molecule has 0 aromatic heterocycles. The number of amides is 1. The van der Waals surface area contributed by atoms with E-state index < -0.39 is 0 Å². The first-order chi connectivity index (χ1) is 8.98. The van der Waals surface area contributed by atoms with Crippen LogP contribution in [-0.4, -0.2) is 17.5 Å². The van der Waals surface area contributed by atoms with Crippen molar-refractivity contribution in [1.82, 2.24) is 5.32 Å². The lowest BCUT2D eigenvalue weighted by atomic mass is 9.99. The van der Waals surface area contributed by atoms with Crippen LogP contribution in [0.4, 0.5) is 5.69 Å². The lowest BCUT2D eigenvalue weighted by Gasteiger charge is -2.29. The summed E-state index contributed by atoms with van der Waals surface area (Å²) in [6.45, 7) is 6.19. The molecule has 3 nitrogen and oxygen atoms in total. The average molecular weight is 260 g/mol. The number of aryl methyl sites for hydroxylation is 1. The number of rotatable bonds is 4. The highest BCUT2D eigenvalue weighted by molar-refractivity contribution is 5.94. The predicted octanol–water partition coefficient (Wildman–Crippen LogP) is 3.24. The molecule has 0 bridgehead atoms. The average Bonchev–Trinajstić information content (AvgIpc) is 2.78. The fourth-order valence-corrected chi connectivity index (χ4v) is 2.78. The molecule has 1 unspecified atom stereocenters. The normalized spacial score (nSPS) is 19.1. The number of hydrogen-bond donors (Lipinski definition) is 2.